The number of ether oxygens (including phenoxy) is 1. The lowest BCUT2D eigenvalue weighted by molar-refractivity contribution is -0.394. The smallest absolute Gasteiger partial charge is 0.404 e. The normalized spacial score (nSPS) is 12.4. The Hall–Kier alpha value is -2.07. The van der Waals surface area contributed by atoms with Gasteiger partial charge in [-0.2, -0.15) is 13.2 Å². The molecule has 0 amide bonds. The summed E-state index contributed by atoms with van der Waals surface area (Å²) in [5.41, 5.74) is -7.31. The van der Waals surface area contributed by atoms with Crippen molar-refractivity contribution >= 4 is 81.1 Å². The summed E-state index contributed by atoms with van der Waals surface area (Å²) >= 11 is 22.4. The van der Waals surface area contributed by atoms with Gasteiger partial charge in [0.15, 0.2) is 5.75 Å². The first-order valence-corrected chi connectivity index (χ1v) is 10.2. The number of non-ortho nitro benzene ring substituents is 1. The molecule has 8 nitrogen and oxygen atoms in total. The number of halogens is 10. The molecule has 0 bridgehead atoms. The van der Waals surface area contributed by atoms with Gasteiger partial charge >= 0.3 is 18.2 Å². The van der Waals surface area contributed by atoms with E-state index in [2.05, 4.69) is 4.74 Å². The molecule has 0 radical (unpaired) electrons. The molecule has 0 N–H and O–H groups in total. The highest BCUT2D eigenvalue weighted by molar-refractivity contribution is 8.06. The van der Waals surface area contributed by atoms with Crippen molar-refractivity contribution in [2.75, 3.05) is 4.31 Å². The van der Waals surface area contributed by atoms with E-state index in [-0.39, 0.29) is 33.4 Å². The van der Waals surface area contributed by atoms with Gasteiger partial charge in [0.2, 0.25) is 0 Å². The third kappa shape index (κ3) is 7.21. The van der Waals surface area contributed by atoms with Gasteiger partial charge in [0.1, 0.15) is 5.69 Å². The number of hydrogen-bond donors (Lipinski definition) is 0. The number of nitro groups is 2. The van der Waals surface area contributed by atoms with Crippen molar-refractivity contribution in [2.45, 2.75) is 15.7 Å². The van der Waals surface area contributed by atoms with Crippen LogP contribution in [0, 0.1) is 20.2 Å². The Morgan fingerprint density at radius 1 is 0.941 bits per heavy atom. The van der Waals surface area contributed by atoms with E-state index in [1.807, 2.05) is 0 Å². The fraction of sp³-hybridized carbons (Fsp3) is 0.200. The first-order valence-electron chi connectivity index (χ1n) is 7.95. The largest absolute Gasteiger partial charge is 0.573 e. The lowest BCUT2D eigenvalue weighted by atomic mass is 10.1. The van der Waals surface area contributed by atoms with Crippen LogP contribution >= 0.6 is 58.4 Å². The third-order valence-electron chi connectivity index (χ3n) is 3.55. The molecule has 0 aliphatic carbocycles. The highest BCUT2D eigenvalue weighted by Gasteiger charge is 2.45. The first-order chi connectivity index (χ1) is 15.3. The average Bonchev–Trinajstić information content (AvgIpc) is 2.64. The molecule has 19 heteroatoms. The molecule has 0 atom stereocenters. The van der Waals surface area contributed by atoms with Crippen LogP contribution < -0.4 is 9.04 Å². The van der Waals surface area contributed by atoms with Crippen LogP contribution in [0.1, 0.15) is 5.56 Å². The molecule has 0 aliphatic rings. The van der Waals surface area contributed by atoms with Crippen molar-refractivity contribution in [1.29, 1.82) is 0 Å². The predicted octanol–water partition coefficient (Wildman–Crippen LogP) is 8.19. The molecule has 2 rings (SSSR count). The van der Waals surface area contributed by atoms with E-state index in [1.54, 1.807) is 0 Å². The molecule has 2 aromatic carbocycles. The second-order valence-corrected chi connectivity index (χ2v) is 10.4. The van der Waals surface area contributed by atoms with Gasteiger partial charge in [0.05, 0.1) is 27.2 Å². The van der Waals surface area contributed by atoms with E-state index in [0.717, 1.165) is 6.07 Å². The number of alkyl halides is 9. The van der Waals surface area contributed by atoms with Crippen molar-refractivity contribution in [3.05, 3.63) is 61.1 Å². The van der Waals surface area contributed by atoms with E-state index in [4.69, 9.17) is 46.4 Å². The van der Waals surface area contributed by atoms with Gasteiger partial charge in [0.25, 0.3) is 8.81 Å². The molecule has 0 spiro atoms. The van der Waals surface area contributed by atoms with Crippen LogP contribution in [0.3, 0.4) is 0 Å². The molecule has 0 unspecified atom stereocenters. The average molecular weight is 595 g/mol. The van der Waals surface area contributed by atoms with E-state index >= 15 is 0 Å². The molecule has 186 valence electrons. The number of anilines is 2. The van der Waals surface area contributed by atoms with Gasteiger partial charge in [-0.15, -0.1) is 13.2 Å². The van der Waals surface area contributed by atoms with Crippen LogP contribution in [-0.2, 0) is 6.18 Å². The van der Waals surface area contributed by atoms with E-state index in [1.165, 1.54) is 0 Å². The van der Waals surface area contributed by atoms with Crippen molar-refractivity contribution in [2.24, 2.45) is 0 Å². The van der Waals surface area contributed by atoms with Crippen LogP contribution in [0.25, 0.3) is 0 Å². The summed E-state index contributed by atoms with van der Waals surface area (Å²) in [7, 11) is 0. The Kier molecular flexibility index (Phi) is 8.19. The highest BCUT2D eigenvalue weighted by Crippen LogP contribution is 2.55. The molecule has 0 saturated carbocycles. The summed E-state index contributed by atoms with van der Waals surface area (Å²) in [4.78, 5) is 19.9. The minimum atomic E-state index is -5.50. The quantitative estimate of drug-likeness (QED) is 0.109. The number of rotatable bonds is 6. The van der Waals surface area contributed by atoms with E-state index in [0.29, 0.717) is 12.1 Å². The Bertz CT molecular complexity index is 1130. The zero-order chi connectivity index (χ0) is 26.2. The number of benzene rings is 2. The zero-order valence-electron chi connectivity index (χ0n) is 15.5. The van der Waals surface area contributed by atoms with Crippen LogP contribution in [-0.4, -0.2) is 19.3 Å². The van der Waals surface area contributed by atoms with Crippen molar-refractivity contribution in [1.82, 2.24) is 0 Å². The van der Waals surface area contributed by atoms with Gasteiger partial charge in [-0.25, -0.2) is 0 Å². The number of hydrogen-bond acceptors (Lipinski definition) is 7. The lowest BCUT2D eigenvalue weighted by Crippen LogP contribution is -2.23. The minimum Gasteiger partial charge on any atom is -0.404 e. The van der Waals surface area contributed by atoms with Crippen molar-refractivity contribution in [3.8, 4) is 5.75 Å². The SMILES string of the molecule is O=[N+]([O-])c1cc([N+](=O)[O-])c(N(SC(Cl)(Cl)Cl)c2cc(Cl)ccc2OC(F)(F)F)c(C(F)(F)F)c1. The summed E-state index contributed by atoms with van der Waals surface area (Å²) in [5.74, 6) is -1.18. The van der Waals surface area contributed by atoms with Gasteiger partial charge in [-0.3, -0.25) is 24.5 Å². The molecule has 34 heavy (non-hydrogen) atoms. The summed E-state index contributed by atoms with van der Waals surface area (Å²) < 4.78 is 81.7. The minimum absolute atomic E-state index is 0.0664. The molecule has 0 aliphatic heterocycles. The Labute approximate surface area is 208 Å². The second kappa shape index (κ2) is 9.89. The van der Waals surface area contributed by atoms with Crippen molar-refractivity contribution in [3.63, 3.8) is 0 Å². The van der Waals surface area contributed by atoms with Gasteiger partial charge < -0.3 is 4.74 Å². The zero-order valence-corrected chi connectivity index (χ0v) is 19.3. The van der Waals surface area contributed by atoms with Crippen LogP contribution in [0.15, 0.2) is 30.3 Å². The Morgan fingerprint density at radius 2 is 1.53 bits per heavy atom. The summed E-state index contributed by atoms with van der Waals surface area (Å²) in [6.45, 7) is 0. The maximum atomic E-state index is 13.9. The van der Waals surface area contributed by atoms with E-state index in [9.17, 15) is 46.6 Å². The predicted molar refractivity (Wildman–Crippen MR) is 113 cm³/mol. The maximum Gasteiger partial charge on any atom is 0.573 e. The molecular weight excluding hydrogens is 590 g/mol. The number of nitrogens with zero attached hydrogens (tertiary/aromatic N) is 3. The maximum absolute atomic E-state index is 13.9. The third-order valence-corrected chi connectivity index (χ3v) is 5.18. The van der Waals surface area contributed by atoms with E-state index < -0.39 is 59.6 Å². The van der Waals surface area contributed by atoms with Gasteiger partial charge in [-0.1, -0.05) is 46.4 Å². The summed E-state index contributed by atoms with van der Waals surface area (Å²) in [5, 5.41) is 22.3. The van der Waals surface area contributed by atoms with Crippen LogP contribution in [0.5, 0.6) is 5.75 Å². The van der Waals surface area contributed by atoms with Gasteiger partial charge in [0, 0.05) is 23.0 Å². The fourth-order valence-electron chi connectivity index (χ4n) is 2.46. The van der Waals surface area contributed by atoms with Crippen molar-refractivity contribution < 1.29 is 40.9 Å². The topological polar surface area (TPSA) is 98.8 Å². The fourth-order valence-corrected chi connectivity index (χ4v) is 3.98. The summed E-state index contributed by atoms with van der Waals surface area (Å²) in [6, 6.07) is 2.21. The van der Waals surface area contributed by atoms with Gasteiger partial charge in [-0.05, 0) is 18.2 Å². The Morgan fingerprint density at radius 3 is 1.97 bits per heavy atom. The standard InChI is InChI=1S/C15H5Cl4F6N3O5S/c16-6-1-2-11(33-15(23,24)25)9(3-6)26(34-14(17,18)19)12-8(13(20,21)22)4-7(27(29)30)5-10(12)28(31)32/h1-5H. The van der Waals surface area contributed by atoms with Crippen LogP contribution in [0.4, 0.5) is 49.1 Å². The highest BCUT2D eigenvalue weighted by atomic mass is 35.6. The molecule has 0 aromatic heterocycles. The lowest BCUT2D eigenvalue weighted by Gasteiger charge is -2.30. The number of nitro benzene ring substituents is 2. The monoisotopic (exact) mass is 593 g/mol. The molecule has 0 heterocycles. The first kappa shape index (κ1) is 28.2. The molecular formula is C15H5Cl4F6N3O5S. The molecule has 0 saturated heterocycles. The summed E-state index contributed by atoms with van der Waals surface area (Å²) in [6.07, 6.45) is -10.9. The molecule has 2 aromatic rings. The van der Waals surface area contributed by atoms with Crippen LogP contribution in [0.2, 0.25) is 5.02 Å². The second-order valence-electron chi connectivity index (χ2n) is 5.86. The Balaban J connectivity index is 3.04. The molecule has 0 fully saturated rings.